The van der Waals surface area contributed by atoms with Crippen molar-refractivity contribution in [1.82, 2.24) is 10.2 Å². The molecule has 1 unspecified atom stereocenters. The SMILES string of the molecule is Cc1cc(C)cc(N2CC(c3nnc(NC(=O)c4ccccc4Oc4ccccc4)s3)CC2=O)c1. The summed E-state index contributed by atoms with van der Waals surface area (Å²) in [6, 6.07) is 22.5. The number of hydrogen-bond acceptors (Lipinski definition) is 6. The zero-order valence-electron chi connectivity index (χ0n) is 19.4. The van der Waals surface area contributed by atoms with Gasteiger partial charge in [-0.3, -0.25) is 14.9 Å². The Balaban J connectivity index is 1.29. The predicted molar refractivity (Wildman–Crippen MR) is 136 cm³/mol. The van der Waals surface area contributed by atoms with Crippen molar-refractivity contribution >= 4 is 34.0 Å². The number of benzene rings is 3. The van der Waals surface area contributed by atoms with Crippen LogP contribution in [0.15, 0.2) is 72.8 Å². The highest BCUT2D eigenvalue weighted by Gasteiger charge is 2.34. The summed E-state index contributed by atoms with van der Waals surface area (Å²) in [6.07, 6.45) is 0.364. The number of para-hydroxylation sites is 2. The van der Waals surface area contributed by atoms with E-state index in [0.717, 1.165) is 21.8 Å². The van der Waals surface area contributed by atoms with Crippen LogP contribution in [0.2, 0.25) is 0 Å². The molecule has 3 aromatic carbocycles. The molecule has 0 bridgehead atoms. The lowest BCUT2D eigenvalue weighted by molar-refractivity contribution is -0.117. The lowest BCUT2D eigenvalue weighted by Crippen LogP contribution is -2.24. The smallest absolute Gasteiger partial charge is 0.261 e. The van der Waals surface area contributed by atoms with Crippen molar-refractivity contribution in [1.29, 1.82) is 0 Å². The molecule has 1 atom stereocenters. The van der Waals surface area contributed by atoms with Gasteiger partial charge in [0.15, 0.2) is 0 Å². The van der Waals surface area contributed by atoms with E-state index in [9.17, 15) is 9.59 Å². The summed E-state index contributed by atoms with van der Waals surface area (Å²) in [6.45, 7) is 4.59. The summed E-state index contributed by atoms with van der Waals surface area (Å²) < 4.78 is 5.90. The fourth-order valence-electron chi connectivity index (χ4n) is 4.20. The van der Waals surface area contributed by atoms with Crippen LogP contribution in [0.25, 0.3) is 0 Å². The fraction of sp³-hybridized carbons (Fsp3) is 0.185. The second kappa shape index (κ2) is 9.68. The molecule has 0 aliphatic carbocycles. The van der Waals surface area contributed by atoms with Crippen LogP contribution >= 0.6 is 11.3 Å². The number of carbonyl (C=O) groups is 2. The van der Waals surface area contributed by atoms with Gasteiger partial charge in [-0.15, -0.1) is 10.2 Å². The molecule has 5 rings (SSSR count). The van der Waals surface area contributed by atoms with E-state index in [1.54, 1.807) is 18.2 Å². The van der Waals surface area contributed by atoms with Crippen molar-refractivity contribution < 1.29 is 14.3 Å². The summed E-state index contributed by atoms with van der Waals surface area (Å²) in [5, 5.41) is 12.4. The molecular weight excluding hydrogens is 460 g/mol. The molecule has 0 radical (unpaired) electrons. The number of anilines is 2. The number of amides is 2. The molecule has 1 N–H and O–H groups in total. The standard InChI is InChI=1S/C27H24N4O3S/c1-17-12-18(2)14-20(13-17)31-16-19(15-24(31)32)26-29-30-27(35-26)28-25(33)22-10-6-7-11-23(22)34-21-8-4-3-5-9-21/h3-14,19H,15-16H2,1-2H3,(H,28,30,33). The van der Waals surface area contributed by atoms with Crippen molar-refractivity contribution in [3.05, 3.63) is 94.5 Å². The largest absolute Gasteiger partial charge is 0.457 e. The summed E-state index contributed by atoms with van der Waals surface area (Å²) in [5.74, 6) is 0.753. The van der Waals surface area contributed by atoms with Crippen LogP contribution in [-0.4, -0.2) is 28.6 Å². The Morgan fingerprint density at radius 1 is 1.00 bits per heavy atom. The molecule has 1 aliphatic rings. The molecule has 4 aromatic rings. The molecular formula is C27H24N4O3S. The van der Waals surface area contributed by atoms with E-state index >= 15 is 0 Å². The Kier molecular flexibility index (Phi) is 6.29. The zero-order valence-corrected chi connectivity index (χ0v) is 20.2. The van der Waals surface area contributed by atoms with Gasteiger partial charge in [0.1, 0.15) is 16.5 Å². The van der Waals surface area contributed by atoms with Gasteiger partial charge in [0.25, 0.3) is 5.91 Å². The molecule has 1 aromatic heterocycles. The minimum atomic E-state index is -0.335. The maximum Gasteiger partial charge on any atom is 0.261 e. The van der Waals surface area contributed by atoms with Crippen LogP contribution in [0.3, 0.4) is 0 Å². The van der Waals surface area contributed by atoms with Crippen LogP contribution in [-0.2, 0) is 4.79 Å². The molecule has 0 saturated carbocycles. The third-order valence-electron chi connectivity index (χ3n) is 5.76. The number of aromatic nitrogens is 2. The average molecular weight is 485 g/mol. The van der Waals surface area contributed by atoms with Gasteiger partial charge in [-0.1, -0.05) is 47.7 Å². The molecule has 2 heterocycles. The summed E-state index contributed by atoms with van der Waals surface area (Å²) in [4.78, 5) is 27.5. The fourth-order valence-corrected chi connectivity index (χ4v) is 5.03. The Morgan fingerprint density at radius 2 is 1.71 bits per heavy atom. The molecule has 0 spiro atoms. The first-order valence-electron chi connectivity index (χ1n) is 11.3. The highest BCUT2D eigenvalue weighted by atomic mass is 32.1. The molecule has 35 heavy (non-hydrogen) atoms. The molecule has 1 saturated heterocycles. The molecule has 7 nitrogen and oxygen atoms in total. The molecule has 2 amide bonds. The topological polar surface area (TPSA) is 84.4 Å². The van der Waals surface area contributed by atoms with Gasteiger partial charge in [0.2, 0.25) is 11.0 Å². The first-order valence-corrected chi connectivity index (χ1v) is 12.1. The van der Waals surface area contributed by atoms with Crippen LogP contribution < -0.4 is 15.0 Å². The van der Waals surface area contributed by atoms with Crippen molar-refractivity contribution in [3.63, 3.8) is 0 Å². The lowest BCUT2D eigenvalue weighted by atomic mass is 10.1. The number of hydrogen-bond donors (Lipinski definition) is 1. The Bertz CT molecular complexity index is 1370. The van der Waals surface area contributed by atoms with Crippen LogP contribution in [0.4, 0.5) is 10.8 Å². The Hall–Kier alpha value is -4.04. The van der Waals surface area contributed by atoms with E-state index < -0.39 is 0 Å². The van der Waals surface area contributed by atoms with Crippen LogP contribution in [0.1, 0.15) is 38.8 Å². The van der Waals surface area contributed by atoms with E-state index in [2.05, 4.69) is 21.6 Å². The number of aryl methyl sites for hydroxylation is 2. The van der Waals surface area contributed by atoms with Gasteiger partial charge in [-0.25, -0.2) is 0 Å². The van der Waals surface area contributed by atoms with E-state index in [-0.39, 0.29) is 17.7 Å². The van der Waals surface area contributed by atoms with Gasteiger partial charge < -0.3 is 9.64 Å². The quantitative estimate of drug-likeness (QED) is 0.378. The van der Waals surface area contributed by atoms with E-state index in [1.807, 2.05) is 67.3 Å². The van der Waals surface area contributed by atoms with E-state index in [4.69, 9.17) is 4.74 Å². The van der Waals surface area contributed by atoms with Gasteiger partial charge in [-0.05, 0) is 61.4 Å². The van der Waals surface area contributed by atoms with Gasteiger partial charge >= 0.3 is 0 Å². The first-order chi connectivity index (χ1) is 17.0. The lowest BCUT2D eigenvalue weighted by Gasteiger charge is -2.17. The monoisotopic (exact) mass is 484 g/mol. The van der Waals surface area contributed by atoms with Gasteiger partial charge in [0, 0.05) is 24.6 Å². The highest BCUT2D eigenvalue weighted by molar-refractivity contribution is 7.15. The second-order valence-corrected chi connectivity index (χ2v) is 9.57. The van der Waals surface area contributed by atoms with E-state index in [1.165, 1.54) is 11.3 Å². The van der Waals surface area contributed by atoms with Crippen molar-refractivity contribution in [3.8, 4) is 11.5 Å². The molecule has 176 valence electrons. The third kappa shape index (κ3) is 5.07. The first kappa shape index (κ1) is 22.7. The summed E-state index contributed by atoms with van der Waals surface area (Å²) in [5.41, 5.74) is 3.54. The van der Waals surface area contributed by atoms with Crippen molar-refractivity contribution in [2.75, 3.05) is 16.8 Å². The van der Waals surface area contributed by atoms with Crippen LogP contribution in [0, 0.1) is 13.8 Å². The Morgan fingerprint density at radius 3 is 2.49 bits per heavy atom. The Labute approximate surface area is 207 Å². The number of nitrogens with zero attached hydrogens (tertiary/aromatic N) is 3. The summed E-state index contributed by atoms with van der Waals surface area (Å²) in [7, 11) is 0. The van der Waals surface area contributed by atoms with E-state index in [0.29, 0.717) is 35.2 Å². The minimum absolute atomic E-state index is 0.0628. The average Bonchev–Trinajstić information content (AvgIpc) is 3.46. The number of nitrogens with one attached hydrogen (secondary N) is 1. The predicted octanol–water partition coefficient (Wildman–Crippen LogP) is 5.72. The van der Waals surface area contributed by atoms with Crippen molar-refractivity contribution in [2.45, 2.75) is 26.2 Å². The van der Waals surface area contributed by atoms with Crippen LogP contribution in [0.5, 0.6) is 11.5 Å². The molecule has 1 aliphatic heterocycles. The molecule has 1 fully saturated rings. The molecule has 8 heteroatoms. The van der Waals surface area contributed by atoms with Gasteiger partial charge in [0.05, 0.1) is 5.56 Å². The highest BCUT2D eigenvalue weighted by Crippen LogP contribution is 2.35. The van der Waals surface area contributed by atoms with Gasteiger partial charge in [-0.2, -0.15) is 0 Å². The maximum absolute atomic E-state index is 13.0. The maximum atomic E-state index is 13.0. The second-order valence-electron chi connectivity index (χ2n) is 8.56. The number of carbonyl (C=O) groups excluding carboxylic acids is 2. The third-order valence-corrected chi connectivity index (χ3v) is 6.76. The van der Waals surface area contributed by atoms with Crippen molar-refractivity contribution in [2.24, 2.45) is 0 Å². The number of rotatable bonds is 6. The number of ether oxygens (including phenoxy) is 1. The summed E-state index contributed by atoms with van der Waals surface area (Å²) >= 11 is 1.29. The normalized spacial score (nSPS) is 15.3. The zero-order chi connectivity index (χ0) is 24.4. The minimum Gasteiger partial charge on any atom is -0.457 e.